The summed E-state index contributed by atoms with van der Waals surface area (Å²) in [5.41, 5.74) is 3.14. The van der Waals surface area contributed by atoms with Gasteiger partial charge in [0.2, 0.25) is 0 Å². The second-order valence-corrected chi connectivity index (χ2v) is 7.64. The summed E-state index contributed by atoms with van der Waals surface area (Å²) in [6, 6.07) is 16.5. The van der Waals surface area contributed by atoms with Crippen molar-refractivity contribution in [3.05, 3.63) is 87.5 Å². The highest BCUT2D eigenvalue weighted by molar-refractivity contribution is 5.97. The van der Waals surface area contributed by atoms with Gasteiger partial charge in [0.1, 0.15) is 6.61 Å². The van der Waals surface area contributed by atoms with Crippen LogP contribution in [-0.2, 0) is 11.4 Å². The summed E-state index contributed by atoms with van der Waals surface area (Å²) in [5.74, 6) is 0.0908. The first-order chi connectivity index (χ1) is 18.4. The van der Waals surface area contributed by atoms with Crippen LogP contribution in [0.1, 0.15) is 21.5 Å². The van der Waals surface area contributed by atoms with Gasteiger partial charge in [-0.25, -0.2) is 5.43 Å². The van der Waals surface area contributed by atoms with Crippen molar-refractivity contribution < 1.29 is 33.5 Å². The molecule has 198 valence electrons. The van der Waals surface area contributed by atoms with Gasteiger partial charge >= 0.3 is 0 Å². The molecule has 0 aliphatic heterocycles. The van der Waals surface area contributed by atoms with Gasteiger partial charge in [-0.15, -0.1) is 0 Å². The van der Waals surface area contributed by atoms with Gasteiger partial charge in [0.15, 0.2) is 23.0 Å². The normalized spacial score (nSPS) is 10.5. The maximum Gasteiger partial charge on any atom is 0.282 e. The number of rotatable bonds is 12. The summed E-state index contributed by atoms with van der Waals surface area (Å²) in [6.07, 6.45) is 1.11. The van der Waals surface area contributed by atoms with E-state index in [0.29, 0.717) is 11.5 Å². The van der Waals surface area contributed by atoms with Gasteiger partial charge in [0.25, 0.3) is 17.5 Å². The monoisotopic (exact) mass is 522 g/mol. The number of nitrogens with one attached hydrogen (secondary N) is 2. The number of ether oxygens (including phenoxy) is 4. The summed E-state index contributed by atoms with van der Waals surface area (Å²) in [5, 5.41) is 17.9. The van der Waals surface area contributed by atoms with Crippen molar-refractivity contribution in [2.75, 3.05) is 27.9 Å². The molecule has 0 bridgehead atoms. The lowest BCUT2D eigenvalue weighted by Crippen LogP contribution is -2.34. The third kappa shape index (κ3) is 7.20. The fourth-order valence-corrected chi connectivity index (χ4v) is 3.29. The summed E-state index contributed by atoms with van der Waals surface area (Å²) in [7, 11) is 4.32. The Kier molecular flexibility index (Phi) is 9.58. The second-order valence-electron chi connectivity index (χ2n) is 7.64. The SMILES string of the molecule is COc1ccc(C(=O)NCC(=O)N/N=C/c2cc(OC)c(OCc3ccccc3)cc2[N+](=O)[O-])cc1OC. The number of nitro groups is 1. The van der Waals surface area contributed by atoms with E-state index in [1.807, 2.05) is 30.3 Å². The molecular weight excluding hydrogens is 496 g/mol. The Morgan fingerprint density at radius 2 is 1.61 bits per heavy atom. The molecule has 0 aliphatic rings. The van der Waals surface area contributed by atoms with Crippen LogP contribution in [0, 0.1) is 10.1 Å². The quantitative estimate of drug-likeness (QED) is 0.209. The molecule has 3 rings (SSSR count). The van der Waals surface area contributed by atoms with Crippen molar-refractivity contribution in [3.8, 4) is 23.0 Å². The molecule has 0 heterocycles. The molecule has 0 aromatic heterocycles. The minimum Gasteiger partial charge on any atom is -0.493 e. The van der Waals surface area contributed by atoms with Crippen LogP contribution in [0.15, 0.2) is 65.8 Å². The van der Waals surface area contributed by atoms with Crippen LogP contribution in [0.2, 0.25) is 0 Å². The number of carbonyl (C=O) groups is 2. The maximum atomic E-state index is 12.4. The zero-order chi connectivity index (χ0) is 27.5. The van der Waals surface area contributed by atoms with Gasteiger partial charge in [-0.2, -0.15) is 5.10 Å². The minimum atomic E-state index is -0.646. The molecule has 3 aromatic carbocycles. The molecule has 0 aliphatic carbocycles. The number of hydrogen-bond acceptors (Lipinski definition) is 9. The molecule has 12 nitrogen and oxygen atoms in total. The predicted octanol–water partition coefficient (Wildman–Crippen LogP) is 3.08. The van der Waals surface area contributed by atoms with Gasteiger partial charge in [0.05, 0.1) is 50.6 Å². The third-order valence-corrected chi connectivity index (χ3v) is 5.19. The topological polar surface area (TPSA) is 151 Å². The molecule has 0 unspecified atom stereocenters. The molecule has 2 N–H and O–H groups in total. The highest BCUT2D eigenvalue weighted by atomic mass is 16.6. The first-order valence-electron chi connectivity index (χ1n) is 11.2. The summed E-state index contributed by atoms with van der Waals surface area (Å²) in [4.78, 5) is 35.5. The average Bonchev–Trinajstić information content (AvgIpc) is 2.94. The Morgan fingerprint density at radius 3 is 2.26 bits per heavy atom. The molecular formula is C26H26N4O8. The van der Waals surface area contributed by atoms with E-state index in [4.69, 9.17) is 18.9 Å². The van der Waals surface area contributed by atoms with Gasteiger partial charge in [-0.05, 0) is 29.8 Å². The van der Waals surface area contributed by atoms with Crippen LogP contribution in [0.5, 0.6) is 23.0 Å². The number of amides is 2. The van der Waals surface area contributed by atoms with Crippen molar-refractivity contribution in [1.82, 2.24) is 10.7 Å². The lowest BCUT2D eigenvalue weighted by atomic mass is 10.1. The molecule has 0 radical (unpaired) electrons. The highest BCUT2D eigenvalue weighted by Gasteiger charge is 2.19. The number of benzene rings is 3. The van der Waals surface area contributed by atoms with Crippen LogP contribution in [0.3, 0.4) is 0 Å². The Labute approximate surface area is 218 Å². The predicted molar refractivity (Wildman–Crippen MR) is 138 cm³/mol. The van der Waals surface area contributed by atoms with Crippen molar-refractivity contribution in [2.24, 2.45) is 5.10 Å². The molecule has 38 heavy (non-hydrogen) atoms. The van der Waals surface area contributed by atoms with E-state index in [1.165, 1.54) is 45.6 Å². The molecule has 12 heteroatoms. The number of carbonyl (C=O) groups excluding carboxylic acids is 2. The van der Waals surface area contributed by atoms with E-state index in [9.17, 15) is 19.7 Å². The van der Waals surface area contributed by atoms with E-state index in [2.05, 4.69) is 15.8 Å². The molecule has 0 saturated heterocycles. The Bertz CT molecular complexity index is 1330. The number of hydrogen-bond donors (Lipinski definition) is 2. The van der Waals surface area contributed by atoms with Crippen LogP contribution in [0.4, 0.5) is 5.69 Å². The first kappa shape index (κ1) is 27.5. The molecule has 0 saturated carbocycles. The lowest BCUT2D eigenvalue weighted by Gasteiger charge is -2.12. The number of nitrogens with zero attached hydrogens (tertiary/aromatic N) is 2. The van der Waals surface area contributed by atoms with E-state index >= 15 is 0 Å². The average molecular weight is 523 g/mol. The van der Waals surface area contributed by atoms with E-state index < -0.39 is 16.7 Å². The largest absolute Gasteiger partial charge is 0.493 e. The van der Waals surface area contributed by atoms with E-state index in [-0.39, 0.29) is 41.5 Å². The fourth-order valence-electron chi connectivity index (χ4n) is 3.29. The van der Waals surface area contributed by atoms with Crippen LogP contribution < -0.4 is 29.7 Å². The van der Waals surface area contributed by atoms with Crippen molar-refractivity contribution in [1.29, 1.82) is 0 Å². The van der Waals surface area contributed by atoms with E-state index in [1.54, 1.807) is 6.07 Å². The standard InChI is InChI=1S/C26H26N4O8/c1-35-21-10-9-18(11-22(21)36-2)26(32)27-15-25(31)29-28-14-19-12-23(37-3)24(13-20(19)30(33)34)38-16-17-7-5-4-6-8-17/h4-14H,15-16H2,1-3H3,(H,27,32)(H,29,31)/b28-14+. The van der Waals surface area contributed by atoms with Crippen LogP contribution in [0.25, 0.3) is 0 Å². The minimum absolute atomic E-state index is 0.0774. The van der Waals surface area contributed by atoms with Crippen molar-refractivity contribution >= 4 is 23.7 Å². The molecule has 3 aromatic rings. The fraction of sp³-hybridized carbons (Fsp3) is 0.192. The van der Waals surface area contributed by atoms with Crippen molar-refractivity contribution in [3.63, 3.8) is 0 Å². The Morgan fingerprint density at radius 1 is 0.921 bits per heavy atom. The summed E-state index contributed by atoms with van der Waals surface area (Å²) in [6.45, 7) is -0.199. The summed E-state index contributed by atoms with van der Waals surface area (Å²) >= 11 is 0. The maximum absolute atomic E-state index is 12.4. The number of nitro benzene ring substituents is 1. The number of methoxy groups -OCH3 is 3. The van der Waals surface area contributed by atoms with Gasteiger partial charge in [-0.3, -0.25) is 19.7 Å². The van der Waals surface area contributed by atoms with Crippen LogP contribution in [-0.4, -0.2) is 50.8 Å². The van der Waals surface area contributed by atoms with Gasteiger partial charge < -0.3 is 24.3 Å². The number of hydrazone groups is 1. The zero-order valence-corrected chi connectivity index (χ0v) is 20.9. The molecule has 0 spiro atoms. The smallest absolute Gasteiger partial charge is 0.282 e. The zero-order valence-electron chi connectivity index (χ0n) is 20.9. The highest BCUT2D eigenvalue weighted by Crippen LogP contribution is 2.34. The molecule has 0 atom stereocenters. The van der Waals surface area contributed by atoms with Gasteiger partial charge in [0, 0.05) is 5.56 Å². The first-order valence-corrected chi connectivity index (χ1v) is 11.2. The third-order valence-electron chi connectivity index (χ3n) is 5.19. The lowest BCUT2D eigenvalue weighted by molar-refractivity contribution is -0.385. The Balaban J connectivity index is 1.63. The second kappa shape index (κ2) is 13.3. The molecule has 0 fully saturated rings. The summed E-state index contributed by atoms with van der Waals surface area (Å²) < 4.78 is 21.3. The van der Waals surface area contributed by atoms with Crippen molar-refractivity contribution in [2.45, 2.75) is 6.61 Å². The van der Waals surface area contributed by atoms with Gasteiger partial charge in [-0.1, -0.05) is 30.3 Å². The Hall–Kier alpha value is -5.13. The van der Waals surface area contributed by atoms with E-state index in [0.717, 1.165) is 11.8 Å². The molecule has 2 amide bonds. The van der Waals surface area contributed by atoms with Crippen LogP contribution >= 0.6 is 0 Å².